The van der Waals surface area contributed by atoms with Crippen molar-refractivity contribution < 1.29 is 4.74 Å². The van der Waals surface area contributed by atoms with Crippen LogP contribution in [0.1, 0.15) is 39.0 Å². The average Bonchev–Trinajstić information content (AvgIpc) is 2.41. The maximum atomic E-state index is 5.44. The first-order valence-electron chi connectivity index (χ1n) is 4.38. The summed E-state index contributed by atoms with van der Waals surface area (Å²) in [5.74, 6) is 0. The number of rotatable bonds is 4. The van der Waals surface area contributed by atoms with E-state index in [4.69, 9.17) is 4.74 Å². The molecule has 1 saturated heterocycles. The van der Waals surface area contributed by atoms with E-state index < -0.39 is 0 Å². The Hall–Kier alpha value is -0.0400. The van der Waals surface area contributed by atoms with Gasteiger partial charge in [-0.25, -0.2) is 0 Å². The Morgan fingerprint density at radius 2 is 2.50 bits per heavy atom. The fourth-order valence-corrected chi connectivity index (χ4v) is 1.30. The molecule has 1 heterocycles. The van der Waals surface area contributed by atoms with Gasteiger partial charge >= 0.3 is 0 Å². The summed E-state index contributed by atoms with van der Waals surface area (Å²) >= 11 is 0. The molecule has 1 aliphatic heterocycles. The third kappa shape index (κ3) is 2.70. The normalized spacial score (nSPS) is 25.5. The molecule has 0 aromatic rings. The van der Waals surface area contributed by atoms with Gasteiger partial charge in [-0.1, -0.05) is 19.8 Å². The average molecular weight is 141 g/mol. The van der Waals surface area contributed by atoms with Crippen LogP contribution in [-0.4, -0.2) is 12.7 Å². The lowest BCUT2D eigenvalue weighted by atomic mass is 10.1. The molecular weight excluding hydrogens is 124 g/mol. The Morgan fingerprint density at radius 1 is 1.60 bits per heavy atom. The third-order valence-corrected chi connectivity index (χ3v) is 1.95. The zero-order chi connectivity index (χ0) is 7.23. The summed E-state index contributed by atoms with van der Waals surface area (Å²) in [4.78, 5) is 0. The van der Waals surface area contributed by atoms with Crippen molar-refractivity contribution in [2.24, 2.45) is 0 Å². The van der Waals surface area contributed by atoms with Gasteiger partial charge in [-0.2, -0.15) is 0 Å². The Kier molecular flexibility index (Phi) is 3.81. The second-order valence-electron chi connectivity index (χ2n) is 2.93. The van der Waals surface area contributed by atoms with E-state index >= 15 is 0 Å². The van der Waals surface area contributed by atoms with Crippen LogP contribution in [0.2, 0.25) is 0 Å². The highest BCUT2D eigenvalue weighted by Crippen LogP contribution is 2.16. The first-order chi connectivity index (χ1) is 4.93. The minimum absolute atomic E-state index is 0.492. The largest absolute Gasteiger partial charge is 0.378 e. The molecule has 0 spiro atoms. The molecule has 1 heteroatoms. The summed E-state index contributed by atoms with van der Waals surface area (Å²) < 4.78 is 5.44. The summed E-state index contributed by atoms with van der Waals surface area (Å²) in [6, 6.07) is 0. The first kappa shape index (κ1) is 8.06. The summed E-state index contributed by atoms with van der Waals surface area (Å²) in [6.45, 7) is 3.20. The summed E-state index contributed by atoms with van der Waals surface area (Å²) in [7, 11) is 0. The number of hydrogen-bond acceptors (Lipinski definition) is 1. The molecule has 0 aliphatic carbocycles. The van der Waals surface area contributed by atoms with Crippen molar-refractivity contribution in [2.45, 2.75) is 45.1 Å². The van der Waals surface area contributed by atoms with Gasteiger partial charge in [0.2, 0.25) is 0 Å². The fraction of sp³-hybridized carbons (Fsp3) is 0.889. The van der Waals surface area contributed by atoms with E-state index in [1.807, 2.05) is 0 Å². The van der Waals surface area contributed by atoms with Crippen molar-refractivity contribution in [3.05, 3.63) is 6.42 Å². The Bertz CT molecular complexity index is 74.8. The monoisotopic (exact) mass is 141 g/mol. The van der Waals surface area contributed by atoms with E-state index in [0.29, 0.717) is 6.10 Å². The van der Waals surface area contributed by atoms with E-state index in [1.54, 1.807) is 0 Å². The van der Waals surface area contributed by atoms with Crippen molar-refractivity contribution in [2.75, 3.05) is 6.61 Å². The van der Waals surface area contributed by atoms with Gasteiger partial charge in [0.15, 0.2) is 0 Å². The smallest absolute Gasteiger partial charge is 0.0607 e. The summed E-state index contributed by atoms with van der Waals surface area (Å²) in [5, 5.41) is 0. The van der Waals surface area contributed by atoms with Gasteiger partial charge in [-0.3, -0.25) is 0 Å². The molecule has 0 N–H and O–H groups in total. The topological polar surface area (TPSA) is 9.23 Å². The Balaban J connectivity index is 1.91. The zero-order valence-corrected chi connectivity index (χ0v) is 6.81. The lowest BCUT2D eigenvalue weighted by molar-refractivity contribution is 0.131. The van der Waals surface area contributed by atoms with Gasteiger partial charge in [0.25, 0.3) is 0 Å². The van der Waals surface area contributed by atoms with Crippen molar-refractivity contribution in [1.29, 1.82) is 0 Å². The van der Waals surface area contributed by atoms with E-state index in [-0.39, 0.29) is 0 Å². The van der Waals surface area contributed by atoms with Crippen LogP contribution in [0.15, 0.2) is 0 Å². The van der Waals surface area contributed by atoms with Crippen LogP contribution in [0.4, 0.5) is 0 Å². The highest BCUT2D eigenvalue weighted by molar-refractivity contribution is 4.79. The van der Waals surface area contributed by atoms with Gasteiger partial charge < -0.3 is 4.74 Å². The van der Waals surface area contributed by atoms with Crippen LogP contribution in [0, 0.1) is 6.42 Å². The van der Waals surface area contributed by atoms with Gasteiger partial charge in [0.1, 0.15) is 0 Å². The lowest BCUT2D eigenvalue weighted by Crippen LogP contribution is -2.04. The Labute approximate surface area is 63.8 Å². The highest BCUT2D eigenvalue weighted by Gasteiger charge is 2.14. The second-order valence-corrected chi connectivity index (χ2v) is 2.93. The van der Waals surface area contributed by atoms with Gasteiger partial charge in [-0.15, -0.1) is 0 Å². The van der Waals surface area contributed by atoms with Crippen LogP contribution in [0.3, 0.4) is 0 Å². The number of hydrogen-bond donors (Lipinski definition) is 0. The predicted octanol–water partition coefficient (Wildman–Crippen LogP) is 2.56. The van der Waals surface area contributed by atoms with Crippen molar-refractivity contribution >= 4 is 0 Å². The van der Waals surface area contributed by atoms with Gasteiger partial charge in [-0.05, 0) is 25.7 Å². The summed E-state index contributed by atoms with van der Waals surface area (Å²) in [6.07, 6.45) is 9.18. The maximum absolute atomic E-state index is 5.44. The van der Waals surface area contributed by atoms with Crippen molar-refractivity contribution in [1.82, 2.24) is 0 Å². The molecule has 0 amide bonds. The number of unbranched alkanes of at least 4 members (excludes halogenated alkanes) is 2. The van der Waals surface area contributed by atoms with E-state index in [2.05, 4.69) is 13.3 Å². The molecule has 0 bridgehead atoms. The lowest BCUT2D eigenvalue weighted by Gasteiger charge is -2.06. The molecule has 1 fully saturated rings. The third-order valence-electron chi connectivity index (χ3n) is 1.95. The molecule has 1 nitrogen and oxygen atoms in total. The minimum atomic E-state index is 0.492. The maximum Gasteiger partial charge on any atom is 0.0607 e. The standard InChI is InChI=1S/C9H17O/c1-2-3-4-6-9-7-5-8-10-9/h6,9H,2-5,7-8H2,1H3/t9-/m1/s1. The molecule has 1 aliphatic rings. The SMILES string of the molecule is CCCC[CH][C@@H]1CCCO1. The molecule has 1 atom stereocenters. The van der Waals surface area contributed by atoms with Crippen LogP contribution >= 0.6 is 0 Å². The quantitative estimate of drug-likeness (QED) is 0.547. The molecule has 0 aromatic carbocycles. The van der Waals surface area contributed by atoms with Crippen LogP contribution in [-0.2, 0) is 4.74 Å². The second kappa shape index (κ2) is 4.73. The molecule has 0 unspecified atom stereocenters. The van der Waals surface area contributed by atoms with Crippen molar-refractivity contribution in [3.8, 4) is 0 Å². The molecule has 1 radical (unpaired) electrons. The molecule has 1 rings (SSSR count). The van der Waals surface area contributed by atoms with E-state index in [9.17, 15) is 0 Å². The molecule has 59 valence electrons. The fourth-order valence-electron chi connectivity index (χ4n) is 1.30. The minimum Gasteiger partial charge on any atom is -0.378 e. The molecule has 0 saturated carbocycles. The van der Waals surface area contributed by atoms with E-state index in [0.717, 1.165) is 6.61 Å². The molecule has 10 heavy (non-hydrogen) atoms. The van der Waals surface area contributed by atoms with E-state index in [1.165, 1.54) is 32.1 Å². The molecular formula is C9H17O. The first-order valence-corrected chi connectivity index (χ1v) is 4.38. The van der Waals surface area contributed by atoms with Crippen LogP contribution < -0.4 is 0 Å². The predicted molar refractivity (Wildman–Crippen MR) is 42.8 cm³/mol. The van der Waals surface area contributed by atoms with Crippen LogP contribution in [0.25, 0.3) is 0 Å². The van der Waals surface area contributed by atoms with Crippen LogP contribution in [0.5, 0.6) is 0 Å². The number of ether oxygens (including phenoxy) is 1. The van der Waals surface area contributed by atoms with Gasteiger partial charge in [0, 0.05) is 6.61 Å². The Morgan fingerprint density at radius 3 is 3.10 bits per heavy atom. The van der Waals surface area contributed by atoms with Crippen molar-refractivity contribution in [3.63, 3.8) is 0 Å². The zero-order valence-electron chi connectivity index (χ0n) is 6.81. The molecule has 0 aromatic heterocycles. The summed E-state index contributed by atoms with van der Waals surface area (Å²) in [5.41, 5.74) is 0. The highest BCUT2D eigenvalue weighted by atomic mass is 16.5. The van der Waals surface area contributed by atoms with Gasteiger partial charge in [0.05, 0.1) is 6.10 Å².